The molecule has 4 rings (SSSR count). The molecule has 29 heavy (non-hydrogen) atoms. The van der Waals surface area contributed by atoms with Crippen LogP contribution in [0.2, 0.25) is 0 Å². The van der Waals surface area contributed by atoms with Gasteiger partial charge in [-0.1, -0.05) is 12.1 Å². The molecule has 0 fully saturated rings. The van der Waals surface area contributed by atoms with Crippen molar-refractivity contribution >= 4 is 35.6 Å². The zero-order valence-corrected chi connectivity index (χ0v) is 17.9. The molecule has 5 nitrogen and oxygen atoms in total. The van der Waals surface area contributed by atoms with Crippen molar-refractivity contribution in [3.8, 4) is 5.75 Å². The number of benzene rings is 2. The summed E-state index contributed by atoms with van der Waals surface area (Å²) in [4.78, 5) is 4.62. The Labute approximate surface area is 172 Å². The van der Waals surface area contributed by atoms with E-state index in [9.17, 15) is 0 Å². The number of pyridine rings is 1. The van der Waals surface area contributed by atoms with Crippen LogP contribution in [0.15, 0.2) is 60.8 Å². The van der Waals surface area contributed by atoms with E-state index < -0.39 is 8.38 Å². The second-order valence-corrected chi connectivity index (χ2v) is 8.15. The van der Waals surface area contributed by atoms with E-state index in [2.05, 4.69) is 52.0 Å². The lowest BCUT2D eigenvalue weighted by Gasteiger charge is -2.16. The molecule has 0 saturated heterocycles. The van der Waals surface area contributed by atoms with Crippen LogP contribution >= 0.6 is 8.38 Å². The molecule has 0 aliphatic rings. The van der Waals surface area contributed by atoms with Crippen molar-refractivity contribution in [1.29, 1.82) is 0 Å². The quantitative estimate of drug-likeness (QED) is 0.373. The molecule has 0 aliphatic heterocycles. The molecule has 0 radical (unpaired) electrons. The van der Waals surface area contributed by atoms with Crippen molar-refractivity contribution in [2.24, 2.45) is 0 Å². The van der Waals surface area contributed by atoms with Gasteiger partial charge in [-0.3, -0.25) is 4.98 Å². The van der Waals surface area contributed by atoms with Crippen molar-refractivity contribution in [2.75, 3.05) is 20.3 Å². The van der Waals surface area contributed by atoms with Crippen LogP contribution in [0.1, 0.15) is 19.4 Å². The largest absolute Gasteiger partial charge is 0.497 e. The van der Waals surface area contributed by atoms with E-state index in [0.29, 0.717) is 13.2 Å². The Morgan fingerprint density at radius 2 is 1.69 bits per heavy atom. The van der Waals surface area contributed by atoms with Crippen molar-refractivity contribution < 1.29 is 13.8 Å². The molecule has 2 aromatic heterocycles. The number of fused-ring (bicyclic) bond motifs is 3. The monoisotopic (exact) mass is 408 g/mol. The van der Waals surface area contributed by atoms with Gasteiger partial charge >= 0.3 is 0 Å². The maximum atomic E-state index is 5.77. The molecule has 0 unspecified atom stereocenters. The summed E-state index contributed by atoms with van der Waals surface area (Å²) in [7, 11) is 0.678. The van der Waals surface area contributed by atoms with Gasteiger partial charge in [0.25, 0.3) is 0 Å². The molecule has 0 bridgehead atoms. The van der Waals surface area contributed by atoms with E-state index in [4.69, 9.17) is 13.8 Å². The van der Waals surface area contributed by atoms with Gasteiger partial charge in [0.2, 0.25) is 8.38 Å². The van der Waals surface area contributed by atoms with E-state index in [1.54, 1.807) is 7.11 Å². The van der Waals surface area contributed by atoms with Gasteiger partial charge in [-0.2, -0.15) is 0 Å². The Hall–Kier alpha value is -2.46. The molecule has 0 saturated carbocycles. The maximum absolute atomic E-state index is 5.77. The Morgan fingerprint density at radius 1 is 0.931 bits per heavy atom. The molecular formula is C23H25N2O3P. The van der Waals surface area contributed by atoms with Crippen LogP contribution in [0.3, 0.4) is 0 Å². The number of nitrogens with zero attached hydrogens (tertiary/aromatic N) is 2. The second kappa shape index (κ2) is 8.91. The minimum absolute atomic E-state index is 0.644. The van der Waals surface area contributed by atoms with Crippen LogP contribution in [0.5, 0.6) is 5.75 Å². The first kappa shape index (κ1) is 19.8. The van der Waals surface area contributed by atoms with Crippen molar-refractivity contribution in [3.05, 3.63) is 66.4 Å². The van der Waals surface area contributed by atoms with Crippen LogP contribution < -0.4 is 10.0 Å². The van der Waals surface area contributed by atoms with Crippen LogP contribution in [0.25, 0.3) is 21.9 Å². The topological polar surface area (TPSA) is 45.5 Å². The summed E-state index contributed by atoms with van der Waals surface area (Å²) in [5.41, 5.74) is 4.48. The van der Waals surface area contributed by atoms with Crippen LogP contribution in [0.4, 0.5) is 0 Å². The molecule has 2 aromatic carbocycles. The molecular weight excluding hydrogens is 383 g/mol. The molecule has 0 aliphatic carbocycles. The van der Waals surface area contributed by atoms with Crippen molar-refractivity contribution in [1.82, 2.24) is 9.55 Å². The van der Waals surface area contributed by atoms with Gasteiger partial charge in [0.15, 0.2) is 0 Å². The fraction of sp³-hybridized carbons (Fsp3) is 0.261. The minimum atomic E-state index is -1.01. The normalized spacial score (nSPS) is 11.6. The highest BCUT2D eigenvalue weighted by Crippen LogP contribution is 2.37. The average Bonchev–Trinajstić information content (AvgIpc) is 3.07. The minimum Gasteiger partial charge on any atom is -0.497 e. The summed E-state index contributed by atoms with van der Waals surface area (Å²) in [5.74, 6) is 0.840. The molecule has 0 atom stereocenters. The van der Waals surface area contributed by atoms with E-state index in [1.807, 2.05) is 32.2 Å². The summed E-state index contributed by atoms with van der Waals surface area (Å²) in [6.45, 7) is 6.04. The van der Waals surface area contributed by atoms with E-state index in [-0.39, 0.29) is 0 Å². The summed E-state index contributed by atoms with van der Waals surface area (Å²) < 4.78 is 19.3. The standard InChI is InChI=1S/C23H25N2O3P/c1-4-27-29(28-5-2)19-11-8-17(9-12-19)16-25-21-13-10-18(26-3)15-20(21)23-22(25)7-6-14-24-23/h6-15H,4-5,16H2,1-3H3. The number of hydrogen-bond donors (Lipinski definition) is 0. The van der Waals surface area contributed by atoms with Gasteiger partial charge in [0, 0.05) is 23.4 Å². The molecule has 0 spiro atoms. The van der Waals surface area contributed by atoms with Crippen molar-refractivity contribution in [2.45, 2.75) is 20.4 Å². The maximum Gasteiger partial charge on any atom is 0.205 e. The number of methoxy groups -OCH3 is 1. The Balaban J connectivity index is 1.70. The lowest BCUT2D eigenvalue weighted by atomic mass is 10.2. The van der Waals surface area contributed by atoms with Gasteiger partial charge in [-0.15, -0.1) is 0 Å². The Kier molecular flexibility index (Phi) is 6.10. The van der Waals surface area contributed by atoms with Crippen molar-refractivity contribution in [3.63, 3.8) is 0 Å². The summed E-state index contributed by atoms with van der Waals surface area (Å²) >= 11 is 0. The highest BCUT2D eigenvalue weighted by atomic mass is 31.2. The average molecular weight is 408 g/mol. The SMILES string of the molecule is CCOP(OCC)c1ccc(Cn2c3ccc(OC)cc3c3ncccc32)cc1. The first-order valence-electron chi connectivity index (χ1n) is 9.81. The lowest BCUT2D eigenvalue weighted by Crippen LogP contribution is -2.07. The van der Waals surface area contributed by atoms with E-state index in [0.717, 1.165) is 39.5 Å². The van der Waals surface area contributed by atoms with Gasteiger partial charge in [0.1, 0.15) is 5.75 Å². The molecule has 6 heteroatoms. The summed E-state index contributed by atoms with van der Waals surface area (Å²) in [6, 6.07) is 18.8. The molecule has 4 aromatic rings. The van der Waals surface area contributed by atoms with Gasteiger partial charge in [-0.05, 0) is 61.9 Å². The zero-order chi connectivity index (χ0) is 20.2. The first-order chi connectivity index (χ1) is 14.2. The number of aromatic nitrogens is 2. The number of ether oxygens (including phenoxy) is 1. The van der Waals surface area contributed by atoms with Crippen LogP contribution in [0, 0.1) is 0 Å². The van der Waals surface area contributed by atoms with E-state index >= 15 is 0 Å². The molecule has 0 N–H and O–H groups in total. The predicted molar refractivity (Wildman–Crippen MR) is 119 cm³/mol. The van der Waals surface area contributed by atoms with Gasteiger partial charge in [-0.25, -0.2) is 0 Å². The fourth-order valence-corrected chi connectivity index (χ4v) is 4.75. The smallest absolute Gasteiger partial charge is 0.205 e. The fourth-order valence-electron chi connectivity index (χ4n) is 3.52. The molecule has 0 amide bonds. The highest BCUT2D eigenvalue weighted by molar-refractivity contribution is 7.56. The van der Waals surface area contributed by atoms with E-state index in [1.165, 1.54) is 5.56 Å². The Bertz CT molecular complexity index is 1100. The molecule has 150 valence electrons. The first-order valence-corrected chi connectivity index (χ1v) is 11.0. The lowest BCUT2D eigenvalue weighted by molar-refractivity contribution is 0.277. The van der Waals surface area contributed by atoms with Crippen LogP contribution in [-0.2, 0) is 15.6 Å². The highest BCUT2D eigenvalue weighted by Gasteiger charge is 2.15. The Morgan fingerprint density at radius 3 is 2.38 bits per heavy atom. The molecule has 2 heterocycles. The third kappa shape index (κ3) is 3.99. The predicted octanol–water partition coefficient (Wildman–Crippen LogP) is 5.26. The van der Waals surface area contributed by atoms with Gasteiger partial charge < -0.3 is 18.4 Å². The third-order valence-corrected chi connectivity index (χ3v) is 6.51. The summed E-state index contributed by atoms with van der Waals surface area (Å²) in [6.07, 6.45) is 1.84. The van der Waals surface area contributed by atoms with Crippen LogP contribution in [-0.4, -0.2) is 29.9 Å². The number of hydrogen-bond acceptors (Lipinski definition) is 4. The number of rotatable bonds is 8. The zero-order valence-electron chi connectivity index (χ0n) is 17.0. The summed E-state index contributed by atoms with van der Waals surface area (Å²) in [5, 5.41) is 2.20. The van der Waals surface area contributed by atoms with Gasteiger partial charge in [0.05, 0.1) is 36.9 Å². The third-order valence-electron chi connectivity index (χ3n) is 4.81. The second-order valence-electron chi connectivity index (χ2n) is 6.60.